The fraction of sp³-hybridized carbons (Fsp3) is 0.111. The molecule has 6 nitrogen and oxygen atoms in total. The monoisotopic (exact) mass is 239 g/mol. The van der Waals surface area contributed by atoms with Gasteiger partial charge in [0.25, 0.3) is 0 Å². The van der Waals surface area contributed by atoms with Gasteiger partial charge in [-0.3, -0.25) is 0 Å². The number of primary sulfonamides is 1. The van der Waals surface area contributed by atoms with Crippen LogP contribution in [-0.4, -0.2) is 25.5 Å². The van der Waals surface area contributed by atoms with Crippen molar-refractivity contribution < 1.29 is 13.2 Å². The Labute approximate surface area is 92.1 Å². The van der Waals surface area contributed by atoms with Crippen molar-refractivity contribution in [2.24, 2.45) is 5.14 Å². The van der Waals surface area contributed by atoms with E-state index in [0.717, 1.165) is 0 Å². The van der Waals surface area contributed by atoms with Crippen LogP contribution in [0.3, 0.4) is 0 Å². The summed E-state index contributed by atoms with van der Waals surface area (Å²) in [6, 6.07) is 4.60. The molecule has 0 fully saturated rings. The molecule has 0 atom stereocenters. The van der Waals surface area contributed by atoms with Crippen LogP contribution < -0.4 is 9.88 Å². The van der Waals surface area contributed by atoms with Crippen molar-refractivity contribution in [3.8, 4) is 6.01 Å². The highest BCUT2D eigenvalue weighted by Gasteiger charge is 2.09. The maximum Gasteiger partial charge on any atom is 0.316 e. The Kier molecular flexibility index (Phi) is 2.49. The van der Waals surface area contributed by atoms with Crippen molar-refractivity contribution >= 4 is 20.9 Å². The van der Waals surface area contributed by atoms with Gasteiger partial charge in [0.2, 0.25) is 10.0 Å². The third-order valence-electron chi connectivity index (χ3n) is 2.04. The number of benzene rings is 1. The predicted molar refractivity (Wildman–Crippen MR) is 57.5 cm³/mol. The van der Waals surface area contributed by atoms with Crippen molar-refractivity contribution in [2.75, 3.05) is 7.11 Å². The molecular formula is C9H9N3O3S. The van der Waals surface area contributed by atoms with Crippen LogP contribution in [-0.2, 0) is 10.0 Å². The molecule has 1 aromatic heterocycles. The molecule has 2 N–H and O–H groups in total. The first-order valence-electron chi connectivity index (χ1n) is 4.34. The van der Waals surface area contributed by atoms with E-state index in [2.05, 4.69) is 9.97 Å². The van der Waals surface area contributed by atoms with Crippen LogP contribution in [0, 0.1) is 0 Å². The van der Waals surface area contributed by atoms with Crippen molar-refractivity contribution in [1.29, 1.82) is 0 Å². The van der Waals surface area contributed by atoms with E-state index >= 15 is 0 Å². The van der Waals surface area contributed by atoms with Crippen LogP contribution in [0.2, 0.25) is 0 Å². The van der Waals surface area contributed by atoms with Crippen LogP contribution in [0.5, 0.6) is 6.01 Å². The number of hydrogen-bond donors (Lipinski definition) is 1. The van der Waals surface area contributed by atoms with Crippen LogP contribution in [0.25, 0.3) is 10.9 Å². The van der Waals surface area contributed by atoms with Gasteiger partial charge in [0.15, 0.2) is 0 Å². The number of rotatable bonds is 2. The van der Waals surface area contributed by atoms with E-state index in [9.17, 15) is 8.42 Å². The zero-order valence-corrected chi connectivity index (χ0v) is 9.23. The van der Waals surface area contributed by atoms with Crippen LogP contribution in [0.15, 0.2) is 29.3 Å². The SMILES string of the molecule is COc1ncc2cc(S(N)(=O)=O)ccc2n1. The van der Waals surface area contributed by atoms with Gasteiger partial charge in [-0.2, -0.15) is 4.98 Å². The van der Waals surface area contributed by atoms with Gasteiger partial charge < -0.3 is 4.74 Å². The molecule has 2 aromatic rings. The van der Waals surface area contributed by atoms with Crippen molar-refractivity contribution in [3.05, 3.63) is 24.4 Å². The summed E-state index contributed by atoms with van der Waals surface area (Å²) in [4.78, 5) is 7.96. The summed E-state index contributed by atoms with van der Waals surface area (Å²) in [6.07, 6.45) is 1.48. The molecule has 7 heteroatoms. The summed E-state index contributed by atoms with van der Waals surface area (Å²) in [5, 5.41) is 5.60. The minimum Gasteiger partial charge on any atom is -0.467 e. The minimum atomic E-state index is -3.70. The van der Waals surface area contributed by atoms with Gasteiger partial charge in [0.05, 0.1) is 17.5 Å². The number of methoxy groups -OCH3 is 1. The van der Waals surface area contributed by atoms with E-state index in [-0.39, 0.29) is 10.9 Å². The molecule has 16 heavy (non-hydrogen) atoms. The summed E-state index contributed by atoms with van der Waals surface area (Å²) in [5.41, 5.74) is 0.597. The highest BCUT2D eigenvalue weighted by molar-refractivity contribution is 7.89. The third kappa shape index (κ3) is 1.95. The second kappa shape index (κ2) is 3.69. The summed E-state index contributed by atoms with van der Waals surface area (Å²) < 4.78 is 27.1. The lowest BCUT2D eigenvalue weighted by atomic mass is 10.2. The van der Waals surface area contributed by atoms with Gasteiger partial charge in [-0.1, -0.05) is 0 Å². The molecule has 0 amide bonds. The zero-order chi connectivity index (χ0) is 11.8. The van der Waals surface area contributed by atoms with Gasteiger partial charge in [-0.25, -0.2) is 18.5 Å². The Morgan fingerprint density at radius 2 is 2.12 bits per heavy atom. The topological polar surface area (TPSA) is 95.2 Å². The first-order chi connectivity index (χ1) is 7.50. The van der Waals surface area contributed by atoms with E-state index in [4.69, 9.17) is 9.88 Å². The first kappa shape index (κ1) is 10.8. The van der Waals surface area contributed by atoms with Crippen LogP contribution in [0.4, 0.5) is 0 Å². The Balaban J connectivity index is 2.65. The van der Waals surface area contributed by atoms with Gasteiger partial charge >= 0.3 is 6.01 Å². The highest BCUT2D eigenvalue weighted by atomic mass is 32.2. The van der Waals surface area contributed by atoms with Crippen LogP contribution >= 0.6 is 0 Å². The number of aromatic nitrogens is 2. The quantitative estimate of drug-likeness (QED) is 0.812. The average molecular weight is 239 g/mol. The number of sulfonamides is 1. The number of ether oxygens (including phenoxy) is 1. The lowest BCUT2D eigenvalue weighted by Crippen LogP contribution is -2.11. The minimum absolute atomic E-state index is 0.0359. The molecule has 1 heterocycles. The summed E-state index contributed by atoms with van der Waals surface area (Å²) in [7, 11) is -2.24. The molecule has 0 saturated heterocycles. The van der Waals surface area contributed by atoms with E-state index in [1.54, 1.807) is 6.07 Å². The largest absolute Gasteiger partial charge is 0.467 e. The number of hydrogen-bond acceptors (Lipinski definition) is 5. The van der Waals surface area contributed by atoms with E-state index < -0.39 is 10.0 Å². The average Bonchev–Trinajstić information content (AvgIpc) is 2.26. The highest BCUT2D eigenvalue weighted by Crippen LogP contribution is 2.17. The van der Waals surface area contributed by atoms with Gasteiger partial charge in [0.1, 0.15) is 0 Å². The summed E-state index contributed by atoms with van der Waals surface area (Å²) in [6.45, 7) is 0. The molecule has 1 aromatic carbocycles. The van der Waals surface area contributed by atoms with E-state index in [1.807, 2.05) is 0 Å². The maximum absolute atomic E-state index is 11.1. The number of nitrogens with zero attached hydrogens (tertiary/aromatic N) is 2. The second-order valence-corrected chi connectivity index (χ2v) is 4.68. The first-order valence-corrected chi connectivity index (χ1v) is 5.89. The molecule has 0 aliphatic heterocycles. The Hall–Kier alpha value is -1.73. The fourth-order valence-electron chi connectivity index (χ4n) is 1.27. The molecular weight excluding hydrogens is 230 g/mol. The molecule has 2 rings (SSSR count). The predicted octanol–water partition coefficient (Wildman–Crippen LogP) is 0.286. The van der Waals surface area contributed by atoms with Crippen molar-refractivity contribution in [2.45, 2.75) is 4.90 Å². The normalized spacial score (nSPS) is 11.6. The smallest absolute Gasteiger partial charge is 0.316 e. The standard InChI is InChI=1S/C9H9N3O3S/c1-15-9-11-5-6-4-7(16(10,13)14)2-3-8(6)12-9/h2-5H,1H3,(H2,10,13,14). The Bertz CT molecular complexity index is 639. The maximum atomic E-state index is 11.1. The molecule has 0 aliphatic carbocycles. The molecule has 0 unspecified atom stereocenters. The molecule has 0 spiro atoms. The van der Waals surface area contributed by atoms with Crippen molar-refractivity contribution in [3.63, 3.8) is 0 Å². The molecule has 0 radical (unpaired) electrons. The Morgan fingerprint density at radius 1 is 1.38 bits per heavy atom. The number of nitrogens with two attached hydrogens (primary N) is 1. The summed E-state index contributed by atoms with van der Waals surface area (Å²) >= 11 is 0. The summed E-state index contributed by atoms with van der Waals surface area (Å²) in [5.74, 6) is 0. The van der Waals surface area contributed by atoms with E-state index in [0.29, 0.717) is 10.9 Å². The molecule has 0 aliphatic rings. The van der Waals surface area contributed by atoms with E-state index in [1.165, 1.54) is 25.4 Å². The van der Waals surface area contributed by atoms with Gasteiger partial charge in [-0.15, -0.1) is 0 Å². The number of fused-ring (bicyclic) bond motifs is 1. The Morgan fingerprint density at radius 3 is 2.75 bits per heavy atom. The lowest BCUT2D eigenvalue weighted by molar-refractivity contribution is 0.382. The third-order valence-corrected chi connectivity index (χ3v) is 2.95. The van der Waals surface area contributed by atoms with Gasteiger partial charge in [0, 0.05) is 11.6 Å². The zero-order valence-electron chi connectivity index (χ0n) is 8.41. The van der Waals surface area contributed by atoms with Crippen LogP contribution in [0.1, 0.15) is 0 Å². The van der Waals surface area contributed by atoms with Gasteiger partial charge in [-0.05, 0) is 18.2 Å². The molecule has 0 saturated carbocycles. The lowest BCUT2D eigenvalue weighted by Gasteiger charge is -2.02. The fourth-order valence-corrected chi connectivity index (χ4v) is 1.82. The second-order valence-electron chi connectivity index (χ2n) is 3.12. The van der Waals surface area contributed by atoms with Crippen molar-refractivity contribution in [1.82, 2.24) is 9.97 Å². The molecule has 84 valence electrons. The molecule has 0 bridgehead atoms.